The molecule has 0 aliphatic carbocycles. The molecular formula is C12H25N3O2. The van der Waals surface area contributed by atoms with Crippen LogP contribution in [0, 0.1) is 0 Å². The van der Waals surface area contributed by atoms with Crippen molar-refractivity contribution in [2.45, 2.75) is 25.8 Å². The third-order valence-electron chi connectivity index (χ3n) is 3.31. The molecule has 0 aromatic rings. The van der Waals surface area contributed by atoms with E-state index in [0.717, 1.165) is 13.0 Å². The molecule has 1 atom stereocenters. The zero-order chi connectivity index (χ0) is 12.9. The van der Waals surface area contributed by atoms with E-state index in [-0.39, 0.29) is 11.4 Å². The van der Waals surface area contributed by atoms with Crippen molar-refractivity contribution in [2.24, 2.45) is 0 Å². The topological polar surface area (TPSA) is 44.8 Å². The van der Waals surface area contributed by atoms with E-state index < -0.39 is 0 Å². The van der Waals surface area contributed by atoms with Crippen LogP contribution in [0.5, 0.6) is 0 Å². The van der Waals surface area contributed by atoms with Crippen molar-refractivity contribution in [1.82, 2.24) is 15.1 Å². The molecule has 1 N–H and O–H groups in total. The molecule has 1 amide bonds. The van der Waals surface area contributed by atoms with Gasteiger partial charge in [0.05, 0.1) is 25.4 Å². The van der Waals surface area contributed by atoms with Crippen molar-refractivity contribution in [2.75, 3.05) is 47.1 Å². The first-order chi connectivity index (χ1) is 7.99. The first-order valence-electron chi connectivity index (χ1n) is 6.26. The molecule has 0 aromatic carbocycles. The van der Waals surface area contributed by atoms with Crippen molar-refractivity contribution in [3.05, 3.63) is 0 Å². The number of carbonyl (C=O) groups is 1. The highest BCUT2D eigenvalue weighted by molar-refractivity contribution is 5.87. The third kappa shape index (κ3) is 3.94. The number of carbonyl (C=O) groups excluding carboxylic acids is 1. The van der Waals surface area contributed by atoms with E-state index >= 15 is 0 Å². The van der Waals surface area contributed by atoms with Gasteiger partial charge in [-0.2, -0.15) is 0 Å². The Morgan fingerprint density at radius 1 is 1.47 bits per heavy atom. The lowest BCUT2D eigenvalue weighted by molar-refractivity contribution is -0.132. The number of hydrogen-bond acceptors (Lipinski definition) is 4. The Balaban J connectivity index is 2.19. The van der Waals surface area contributed by atoms with Crippen LogP contribution in [0.3, 0.4) is 0 Å². The van der Waals surface area contributed by atoms with Crippen LogP contribution >= 0.6 is 0 Å². The van der Waals surface area contributed by atoms with E-state index in [2.05, 4.69) is 10.2 Å². The van der Waals surface area contributed by atoms with Gasteiger partial charge in [-0.15, -0.1) is 0 Å². The SMILES string of the molecule is CCC1(C)NCN(CCOCCN(C)C)C1=O. The monoisotopic (exact) mass is 243 g/mol. The summed E-state index contributed by atoms with van der Waals surface area (Å²) in [7, 11) is 4.04. The summed E-state index contributed by atoms with van der Waals surface area (Å²) in [5.41, 5.74) is -0.371. The second-order valence-corrected chi connectivity index (χ2v) is 5.00. The Hall–Kier alpha value is -0.650. The van der Waals surface area contributed by atoms with Gasteiger partial charge in [0.15, 0.2) is 0 Å². The molecule has 1 aliphatic heterocycles. The number of nitrogens with zero attached hydrogens (tertiary/aromatic N) is 2. The van der Waals surface area contributed by atoms with E-state index in [9.17, 15) is 4.79 Å². The summed E-state index contributed by atoms with van der Waals surface area (Å²) in [4.78, 5) is 15.9. The number of nitrogens with one attached hydrogen (secondary N) is 1. The van der Waals surface area contributed by atoms with Gasteiger partial charge < -0.3 is 14.5 Å². The summed E-state index contributed by atoms with van der Waals surface area (Å²) in [5.74, 6) is 0.191. The molecule has 1 fully saturated rings. The van der Waals surface area contributed by atoms with Crippen LogP contribution in [0.4, 0.5) is 0 Å². The summed E-state index contributed by atoms with van der Waals surface area (Å²) in [6.07, 6.45) is 0.823. The number of likely N-dealkylation sites (N-methyl/N-ethyl adjacent to an activating group) is 1. The summed E-state index contributed by atoms with van der Waals surface area (Å²) >= 11 is 0. The second kappa shape index (κ2) is 6.33. The fourth-order valence-corrected chi connectivity index (χ4v) is 1.75. The van der Waals surface area contributed by atoms with Crippen molar-refractivity contribution < 1.29 is 9.53 Å². The summed E-state index contributed by atoms with van der Waals surface area (Å²) in [5, 5.41) is 3.25. The van der Waals surface area contributed by atoms with Crippen LogP contribution in [0.1, 0.15) is 20.3 Å². The van der Waals surface area contributed by atoms with Crippen molar-refractivity contribution in [3.63, 3.8) is 0 Å². The van der Waals surface area contributed by atoms with Gasteiger partial charge in [-0.25, -0.2) is 0 Å². The van der Waals surface area contributed by atoms with Gasteiger partial charge in [-0.05, 0) is 27.4 Å². The number of ether oxygens (including phenoxy) is 1. The maximum absolute atomic E-state index is 12.0. The minimum absolute atomic E-state index is 0.191. The van der Waals surface area contributed by atoms with Gasteiger partial charge in [0.25, 0.3) is 0 Å². The molecule has 0 saturated carbocycles. The second-order valence-electron chi connectivity index (χ2n) is 5.00. The van der Waals surface area contributed by atoms with E-state index in [1.54, 1.807) is 0 Å². The van der Waals surface area contributed by atoms with Crippen LogP contribution in [-0.4, -0.2) is 68.3 Å². The van der Waals surface area contributed by atoms with E-state index in [4.69, 9.17) is 4.74 Å². The molecule has 1 heterocycles. The lowest BCUT2D eigenvalue weighted by Crippen LogP contribution is -2.43. The molecule has 0 aromatic heterocycles. The fourth-order valence-electron chi connectivity index (χ4n) is 1.75. The molecule has 1 saturated heterocycles. The van der Waals surface area contributed by atoms with Crippen molar-refractivity contribution in [1.29, 1.82) is 0 Å². The van der Waals surface area contributed by atoms with Gasteiger partial charge in [-0.3, -0.25) is 10.1 Å². The van der Waals surface area contributed by atoms with Crippen LogP contribution in [0.2, 0.25) is 0 Å². The van der Waals surface area contributed by atoms with E-state index in [1.807, 2.05) is 32.8 Å². The molecule has 1 aliphatic rings. The molecule has 1 rings (SSSR count). The first kappa shape index (κ1) is 14.4. The molecule has 5 nitrogen and oxygen atoms in total. The minimum atomic E-state index is -0.371. The van der Waals surface area contributed by atoms with Gasteiger partial charge in [-0.1, -0.05) is 6.92 Å². The van der Waals surface area contributed by atoms with Crippen LogP contribution in [0.15, 0.2) is 0 Å². The predicted molar refractivity (Wildman–Crippen MR) is 67.8 cm³/mol. The van der Waals surface area contributed by atoms with E-state index in [1.165, 1.54) is 0 Å². The quantitative estimate of drug-likeness (QED) is 0.645. The first-order valence-corrected chi connectivity index (χ1v) is 6.26. The number of rotatable bonds is 7. The summed E-state index contributed by atoms with van der Waals surface area (Å²) in [6.45, 7) is 7.55. The maximum atomic E-state index is 12.0. The van der Waals surface area contributed by atoms with Crippen LogP contribution < -0.4 is 5.32 Å². The lowest BCUT2D eigenvalue weighted by Gasteiger charge is -2.21. The van der Waals surface area contributed by atoms with E-state index in [0.29, 0.717) is 26.4 Å². The number of amides is 1. The lowest BCUT2D eigenvalue weighted by atomic mass is 9.99. The van der Waals surface area contributed by atoms with Crippen molar-refractivity contribution in [3.8, 4) is 0 Å². The average molecular weight is 243 g/mol. The Kier molecular flexibility index (Phi) is 5.36. The van der Waals surface area contributed by atoms with Gasteiger partial charge >= 0.3 is 0 Å². The largest absolute Gasteiger partial charge is 0.378 e. The summed E-state index contributed by atoms with van der Waals surface area (Å²) < 4.78 is 5.49. The Labute approximate surface area is 104 Å². The molecule has 0 bridgehead atoms. The molecule has 1 unspecified atom stereocenters. The zero-order valence-corrected chi connectivity index (χ0v) is 11.5. The standard InChI is InChI=1S/C12H25N3O2/c1-5-12(2)11(16)15(10-13-12)7-9-17-8-6-14(3)4/h13H,5-10H2,1-4H3. The normalized spacial score (nSPS) is 25.0. The summed E-state index contributed by atoms with van der Waals surface area (Å²) in [6, 6.07) is 0. The Morgan fingerprint density at radius 2 is 2.18 bits per heavy atom. The molecule has 0 radical (unpaired) electrons. The minimum Gasteiger partial charge on any atom is -0.378 e. The van der Waals surface area contributed by atoms with Gasteiger partial charge in [0.1, 0.15) is 0 Å². The maximum Gasteiger partial charge on any atom is 0.243 e. The van der Waals surface area contributed by atoms with Crippen LogP contribution in [-0.2, 0) is 9.53 Å². The highest BCUT2D eigenvalue weighted by atomic mass is 16.5. The molecule has 5 heteroatoms. The molecule has 100 valence electrons. The Morgan fingerprint density at radius 3 is 2.71 bits per heavy atom. The fraction of sp³-hybridized carbons (Fsp3) is 0.917. The average Bonchev–Trinajstić information content (AvgIpc) is 2.57. The highest BCUT2D eigenvalue weighted by Crippen LogP contribution is 2.18. The highest BCUT2D eigenvalue weighted by Gasteiger charge is 2.40. The predicted octanol–water partition coefficient (Wildman–Crippen LogP) is 0.123. The molecule has 17 heavy (non-hydrogen) atoms. The molecular weight excluding hydrogens is 218 g/mol. The van der Waals surface area contributed by atoms with Crippen molar-refractivity contribution >= 4 is 5.91 Å². The number of hydrogen-bond donors (Lipinski definition) is 1. The van der Waals surface area contributed by atoms with Gasteiger partial charge in [0.2, 0.25) is 5.91 Å². The van der Waals surface area contributed by atoms with Crippen LogP contribution in [0.25, 0.3) is 0 Å². The zero-order valence-electron chi connectivity index (χ0n) is 11.5. The third-order valence-corrected chi connectivity index (χ3v) is 3.31. The molecule has 0 spiro atoms. The Bertz CT molecular complexity index is 258. The smallest absolute Gasteiger partial charge is 0.243 e. The van der Waals surface area contributed by atoms with Gasteiger partial charge in [0, 0.05) is 13.1 Å².